The fourth-order valence-corrected chi connectivity index (χ4v) is 4.94. The van der Waals surface area contributed by atoms with Crippen molar-refractivity contribution in [3.8, 4) is 5.75 Å². The minimum atomic E-state index is -0.702. The van der Waals surface area contributed by atoms with Crippen LogP contribution in [0.2, 0.25) is 0 Å². The van der Waals surface area contributed by atoms with Crippen LogP contribution in [0.1, 0.15) is 76.2 Å². The lowest BCUT2D eigenvalue weighted by Crippen LogP contribution is -2.27. The topological polar surface area (TPSA) is 78.8 Å². The van der Waals surface area contributed by atoms with Crippen LogP contribution in [-0.2, 0) is 11.2 Å². The molecule has 2 unspecified atom stereocenters. The van der Waals surface area contributed by atoms with Gasteiger partial charge in [-0.05, 0) is 87.9 Å². The van der Waals surface area contributed by atoms with Crippen molar-refractivity contribution in [1.82, 2.24) is 5.32 Å². The molecule has 1 fully saturated rings. The van der Waals surface area contributed by atoms with Crippen molar-refractivity contribution in [2.75, 3.05) is 14.2 Å². The SMILES string of the molecule is CNC(CCc1cccc(OC)c1)CCC1CC[C@H](O)[C@@H]1CCCCCCC(=O)O. The molecule has 1 aliphatic carbocycles. The Morgan fingerprint density at radius 1 is 1.17 bits per heavy atom. The van der Waals surface area contributed by atoms with E-state index in [2.05, 4.69) is 23.5 Å². The van der Waals surface area contributed by atoms with Crippen LogP contribution in [0.3, 0.4) is 0 Å². The van der Waals surface area contributed by atoms with E-state index in [1.807, 2.05) is 13.1 Å². The van der Waals surface area contributed by atoms with Crippen molar-refractivity contribution >= 4 is 5.97 Å². The van der Waals surface area contributed by atoms with Gasteiger partial charge in [-0.15, -0.1) is 0 Å². The van der Waals surface area contributed by atoms with Gasteiger partial charge in [0, 0.05) is 12.5 Å². The van der Waals surface area contributed by atoms with Gasteiger partial charge in [0.15, 0.2) is 0 Å². The average molecular weight is 420 g/mol. The van der Waals surface area contributed by atoms with E-state index in [1.54, 1.807) is 7.11 Å². The number of nitrogens with one attached hydrogen (secondary N) is 1. The number of unbranched alkanes of at least 4 members (excludes halogenated alkanes) is 3. The highest BCUT2D eigenvalue weighted by molar-refractivity contribution is 5.66. The minimum absolute atomic E-state index is 0.154. The Morgan fingerprint density at radius 2 is 1.97 bits per heavy atom. The molecule has 5 heteroatoms. The van der Waals surface area contributed by atoms with Gasteiger partial charge in [-0.3, -0.25) is 4.79 Å². The standard InChI is InChI=1S/C25H41NO4/c1-26-21(15-12-19-8-7-9-22(18-19)30-2)16-13-20-14-17-24(27)23(20)10-5-3-4-6-11-25(28)29/h7-9,18,20-21,23-24,26-27H,3-6,10-17H2,1-2H3,(H,28,29)/t20?,21?,23-,24+/m1/s1. The van der Waals surface area contributed by atoms with Gasteiger partial charge < -0.3 is 20.3 Å². The van der Waals surface area contributed by atoms with Gasteiger partial charge in [-0.1, -0.05) is 31.4 Å². The average Bonchev–Trinajstić information content (AvgIpc) is 3.10. The van der Waals surface area contributed by atoms with E-state index in [-0.39, 0.29) is 12.5 Å². The van der Waals surface area contributed by atoms with Gasteiger partial charge in [-0.2, -0.15) is 0 Å². The molecule has 30 heavy (non-hydrogen) atoms. The smallest absolute Gasteiger partial charge is 0.303 e. The molecule has 1 aliphatic rings. The molecule has 0 aromatic heterocycles. The van der Waals surface area contributed by atoms with E-state index in [0.717, 1.165) is 70.0 Å². The predicted octanol–water partition coefficient (Wildman–Crippen LogP) is 4.81. The highest BCUT2D eigenvalue weighted by Crippen LogP contribution is 2.39. The van der Waals surface area contributed by atoms with E-state index < -0.39 is 5.97 Å². The molecule has 1 aromatic carbocycles. The van der Waals surface area contributed by atoms with E-state index in [1.165, 1.54) is 12.0 Å². The molecule has 1 aromatic rings. The first-order valence-electron chi connectivity index (χ1n) is 11.7. The molecule has 0 radical (unpaired) electrons. The van der Waals surface area contributed by atoms with Gasteiger partial charge in [0.05, 0.1) is 13.2 Å². The summed E-state index contributed by atoms with van der Waals surface area (Å²) < 4.78 is 5.32. The summed E-state index contributed by atoms with van der Waals surface area (Å²) in [5.74, 6) is 1.25. The largest absolute Gasteiger partial charge is 0.497 e. The molecular weight excluding hydrogens is 378 g/mol. The Labute approximate surface area is 182 Å². The van der Waals surface area contributed by atoms with Gasteiger partial charge in [0.25, 0.3) is 0 Å². The molecular formula is C25H41NO4. The van der Waals surface area contributed by atoms with Crippen molar-refractivity contribution in [2.45, 2.75) is 89.2 Å². The van der Waals surface area contributed by atoms with Crippen LogP contribution >= 0.6 is 0 Å². The second kappa shape index (κ2) is 13.7. The van der Waals surface area contributed by atoms with Crippen LogP contribution in [-0.4, -0.2) is 42.5 Å². The molecule has 0 heterocycles. The molecule has 0 saturated heterocycles. The Hall–Kier alpha value is -1.59. The number of hydrogen-bond acceptors (Lipinski definition) is 4. The highest BCUT2D eigenvalue weighted by Gasteiger charge is 2.34. The number of aryl methyl sites for hydroxylation is 1. The monoisotopic (exact) mass is 419 g/mol. The number of ether oxygens (including phenoxy) is 1. The van der Waals surface area contributed by atoms with Gasteiger partial charge in [0.1, 0.15) is 5.75 Å². The van der Waals surface area contributed by atoms with Gasteiger partial charge in [0.2, 0.25) is 0 Å². The fourth-order valence-electron chi connectivity index (χ4n) is 4.94. The molecule has 2 rings (SSSR count). The third kappa shape index (κ3) is 8.65. The summed E-state index contributed by atoms with van der Waals surface area (Å²) in [5, 5.41) is 22.7. The number of aliphatic carboxylic acids is 1. The van der Waals surface area contributed by atoms with E-state index in [9.17, 15) is 9.90 Å². The van der Waals surface area contributed by atoms with Crippen LogP contribution in [0.4, 0.5) is 0 Å². The summed E-state index contributed by atoms with van der Waals surface area (Å²) in [6.45, 7) is 0. The molecule has 4 atom stereocenters. The summed E-state index contributed by atoms with van der Waals surface area (Å²) >= 11 is 0. The maximum absolute atomic E-state index is 10.6. The Kier molecular flexibility index (Phi) is 11.2. The van der Waals surface area contributed by atoms with E-state index in [4.69, 9.17) is 9.84 Å². The number of methoxy groups -OCH3 is 1. The first kappa shape index (κ1) is 24.7. The summed E-state index contributed by atoms with van der Waals surface area (Å²) in [7, 11) is 3.76. The summed E-state index contributed by atoms with van der Waals surface area (Å²) in [6.07, 6.45) is 11.6. The molecule has 0 bridgehead atoms. The zero-order valence-corrected chi connectivity index (χ0v) is 18.8. The van der Waals surface area contributed by atoms with Gasteiger partial charge >= 0.3 is 5.97 Å². The number of carboxylic acids is 1. The second-order valence-electron chi connectivity index (χ2n) is 8.87. The predicted molar refractivity (Wildman–Crippen MR) is 121 cm³/mol. The first-order valence-corrected chi connectivity index (χ1v) is 11.7. The fraction of sp³-hybridized carbons (Fsp3) is 0.720. The van der Waals surface area contributed by atoms with Crippen molar-refractivity contribution < 1.29 is 19.7 Å². The molecule has 0 amide bonds. The van der Waals surface area contributed by atoms with Crippen molar-refractivity contribution in [1.29, 1.82) is 0 Å². The van der Waals surface area contributed by atoms with Crippen LogP contribution in [0.5, 0.6) is 5.75 Å². The Bertz CT molecular complexity index is 621. The Morgan fingerprint density at radius 3 is 2.70 bits per heavy atom. The van der Waals surface area contributed by atoms with Gasteiger partial charge in [-0.25, -0.2) is 0 Å². The lowest BCUT2D eigenvalue weighted by Gasteiger charge is -2.24. The zero-order chi connectivity index (χ0) is 21.8. The van der Waals surface area contributed by atoms with Crippen LogP contribution < -0.4 is 10.1 Å². The number of aliphatic hydroxyl groups excluding tert-OH is 1. The molecule has 5 nitrogen and oxygen atoms in total. The minimum Gasteiger partial charge on any atom is -0.497 e. The summed E-state index contributed by atoms with van der Waals surface area (Å²) in [4.78, 5) is 10.6. The highest BCUT2D eigenvalue weighted by atomic mass is 16.5. The maximum atomic E-state index is 10.6. The van der Waals surface area contributed by atoms with Crippen LogP contribution in [0.15, 0.2) is 24.3 Å². The number of rotatable bonds is 15. The Balaban J connectivity index is 1.71. The third-order valence-electron chi connectivity index (χ3n) is 6.82. The second-order valence-corrected chi connectivity index (χ2v) is 8.87. The zero-order valence-electron chi connectivity index (χ0n) is 18.8. The normalized spacial score (nSPS) is 22.2. The quantitative estimate of drug-likeness (QED) is 0.356. The van der Waals surface area contributed by atoms with Crippen LogP contribution in [0.25, 0.3) is 0 Å². The maximum Gasteiger partial charge on any atom is 0.303 e. The van der Waals surface area contributed by atoms with E-state index >= 15 is 0 Å². The van der Waals surface area contributed by atoms with Crippen molar-refractivity contribution in [2.24, 2.45) is 11.8 Å². The summed E-state index contributed by atoms with van der Waals surface area (Å²) in [6, 6.07) is 8.80. The number of aliphatic hydroxyl groups is 1. The molecule has 3 N–H and O–H groups in total. The van der Waals surface area contributed by atoms with Crippen molar-refractivity contribution in [3.63, 3.8) is 0 Å². The number of carbonyl (C=O) groups is 1. The number of carboxylic acid groups (broad SMARTS) is 1. The molecule has 1 saturated carbocycles. The van der Waals surface area contributed by atoms with E-state index in [0.29, 0.717) is 17.9 Å². The summed E-state index contributed by atoms with van der Waals surface area (Å²) in [5.41, 5.74) is 1.31. The molecule has 170 valence electrons. The lowest BCUT2D eigenvalue weighted by molar-refractivity contribution is -0.137. The third-order valence-corrected chi connectivity index (χ3v) is 6.82. The lowest BCUT2D eigenvalue weighted by atomic mass is 9.85. The molecule has 0 spiro atoms. The number of hydrogen-bond donors (Lipinski definition) is 3. The number of benzene rings is 1. The molecule has 0 aliphatic heterocycles. The first-order chi connectivity index (χ1) is 14.5. The van der Waals surface area contributed by atoms with Crippen molar-refractivity contribution in [3.05, 3.63) is 29.8 Å². The van der Waals surface area contributed by atoms with Crippen LogP contribution in [0, 0.1) is 11.8 Å².